The van der Waals surface area contributed by atoms with Crippen LogP contribution in [0.1, 0.15) is 13.8 Å². The number of thiol groups is 1. The third kappa shape index (κ3) is 2.88. The number of methoxy groups -OCH3 is 2. The van der Waals surface area contributed by atoms with Crippen molar-refractivity contribution < 1.29 is 9.47 Å². The minimum atomic E-state index is -0.0294. The second kappa shape index (κ2) is 4.96. The Morgan fingerprint density at radius 1 is 1.10 bits per heavy atom. The lowest BCUT2D eigenvalue weighted by atomic mass is 10.5. The van der Waals surface area contributed by atoms with E-state index in [9.17, 15) is 0 Å². The van der Waals surface area contributed by atoms with Gasteiger partial charge in [0, 0.05) is 14.2 Å². The first-order chi connectivity index (χ1) is 4.63. The molecule has 0 amide bonds. The molecule has 0 aromatic heterocycles. The Balaban J connectivity index is 3.69. The fraction of sp³-hybridized carbons (Fsp3) is 1.00. The molecule has 2 unspecified atom stereocenters. The molecule has 10 heavy (non-hydrogen) atoms. The summed E-state index contributed by atoms with van der Waals surface area (Å²) in [7, 11) is 3.27. The predicted octanol–water partition coefficient (Wildman–Crippen LogP) is 1.12. The van der Waals surface area contributed by atoms with E-state index in [2.05, 4.69) is 12.8 Å². The quantitative estimate of drug-likeness (QED) is 0.498. The van der Waals surface area contributed by atoms with Crippen LogP contribution in [-0.2, 0) is 9.47 Å². The van der Waals surface area contributed by atoms with Crippen LogP contribution in [0.2, 0.25) is 0 Å². The molecule has 0 bridgehead atoms. The van der Waals surface area contributed by atoms with Gasteiger partial charge in [-0.1, -0.05) is 12.8 Å². The minimum Gasteiger partial charge on any atom is -0.366 e. The second-order valence-corrected chi connectivity index (χ2v) is 2.51. The zero-order valence-electron chi connectivity index (χ0n) is 6.87. The molecule has 0 saturated carbocycles. The molecule has 0 fully saturated rings. The van der Waals surface area contributed by atoms with Gasteiger partial charge >= 0.3 is 0 Å². The normalized spacial score (nSPS) is 17.4. The fourth-order valence-electron chi connectivity index (χ4n) is 0.512. The van der Waals surface area contributed by atoms with E-state index in [1.165, 1.54) is 0 Å². The van der Waals surface area contributed by atoms with Crippen LogP contribution in [0.15, 0.2) is 0 Å². The van der Waals surface area contributed by atoms with Crippen LogP contribution in [-0.4, -0.2) is 31.0 Å². The topological polar surface area (TPSA) is 21.7 Å². The molecule has 0 spiro atoms. The molecule has 0 aromatic rings. The number of hydrogen-bond acceptors (Lipinski definition) is 4. The summed E-state index contributed by atoms with van der Waals surface area (Å²) >= 11 is 4.16. The number of hydrogen-bond donors (Lipinski definition) is 1. The second-order valence-electron chi connectivity index (χ2n) is 2.05. The number of nitrogens with zero attached hydrogens (tertiary/aromatic N) is 1. The highest BCUT2D eigenvalue weighted by Gasteiger charge is 2.14. The summed E-state index contributed by atoms with van der Waals surface area (Å²) in [6.07, 6.45) is -0.0587. The maximum absolute atomic E-state index is 5.00. The first-order valence-corrected chi connectivity index (χ1v) is 3.56. The van der Waals surface area contributed by atoms with Crippen molar-refractivity contribution in [2.24, 2.45) is 0 Å². The highest BCUT2D eigenvalue weighted by atomic mass is 32.1. The number of ether oxygens (including phenoxy) is 2. The van der Waals surface area contributed by atoms with Crippen LogP contribution in [0, 0.1) is 0 Å². The van der Waals surface area contributed by atoms with Crippen LogP contribution < -0.4 is 0 Å². The highest BCUT2D eigenvalue weighted by molar-refractivity contribution is 7.77. The van der Waals surface area contributed by atoms with Gasteiger partial charge in [0.05, 0.1) is 0 Å². The number of rotatable bonds is 4. The summed E-state index contributed by atoms with van der Waals surface area (Å²) in [5.74, 6) is 0. The Morgan fingerprint density at radius 2 is 1.40 bits per heavy atom. The van der Waals surface area contributed by atoms with Crippen molar-refractivity contribution in [2.45, 2.75) is 26.3 Å². The monoisotopic (exact) mass is 165 g/mol. The van der Waals surface area contributed by atoms with Crippen molar-refractivity contribution in [2.75, 3.05) is 14.2 Å². The molecule has 0 radical (unpaired) electrons. The first-order valence-electron chi connectivity index (χ1n) is 3.16. The van der Waals surface area contributed by atoms with Crippen LogP contribution in [0.4, 0.5) is 0 Å². The molecule has 0 N–H and O–H groups in total. The lowest BCUT2D eigenvalue weighted by Crippen LogP contribution is -2.34. The molecule has 0 aliphatic carbocycles. The van der Waals surface area contributed by atoms with E-state index in [1.54, 1.807) is 18.5 Å². The van der Waals surface area contributed by atoms with E-state index >= 15 is 0 Å². The standard InChI is InChI=1S/C6H15NO2S/c1-5(8-3)7(10)6(2)9-4/h5-6,10H,1-4H3. The lowest BCUT2D eigenvalue weighted by Gasteiger charge is -2.26. The minimum absolute atomic E-state index is 0.0294. The molecule has 0 rings (SSSR count). The van der Waals surface area contributed by atoms with E-state index in [4.69, 9.17) is 9.47 Å². The molecule has 0 saturated heterocycles. The summed E-state index contributed by atoms with van der Waals surface area (Å²) in [5, 5.41) is 0. The summed E-state index contributed by atoms with van der Waals surface area (Å²) in [6.45, 7) is 3.81. The Kier molecular flexibility index (Phi) is 5.07. The van der Waals surface area contributed by atoms with Crippen molar-refractivity contribution in [1.29, 1.82) is 0 Å². The van der Waals surface area contributed by atoms with Crippen molar-refractivity contribution in [3.8, 4) is 0 Å². The van der Waals surface area contributed by atoms with Crippen molar-refractivity contribution in [3.63, 3.8) is 0 Å². The summed E-state index contributed by atoms with van der Waals surface area (Å²) < 4.78 is 11.7. The third-order valence-corrected chi connectivity index (χ3v) is 2.08. The maximum Gasteiger partial charge on any atom is 0.118 e. The van der Waals surface area contributed by atoms with Gasteiger partial charge in [0.25, 0.3) is 0 Å². The molecule has 2 atom stereocenters. The van der Waals surface area contributed by atoms with Gasteiger partial charge in [0.2, 0.25) is 0 Å². The van der Waals surface area contributed by atoms with Gasteiger partial charge in [-0.15, -0.1) is 0 Å². The van der Waals surface area contributed by atoms with Crippen molar-refractivity contribution >= 4 is 12.8 Å². The van der Waals surface area contributed by atoms with Gasteiger partial charge in [-0.2, -0.15) is 4.31 Å². The molecule has 0 aromatic carbocycles. The van der Waals surface area contributed by atoms with E-state index in [-0.39, 0.29) is 12.5 Å². The maximum atomic E-state index is 5.00. The van der Waals surface area contributed by atoms with E-state index in [0.717, 1.165) is 0 Å². The Bertz CT molecular complexity index is 81.8. The average molecular weight is 165 g/mol. The van der Waals surface area contributed by atoms with Crippen molar-refractivity contribution in [1.82, 2.24) is 4.31 Å². The Hall–Kier alpha value is 0.230. The van der Waals surface area contributed by atoms with Crippen molar-refractivity contribution in [3.05, 3.63) is 0 Å². The molecule has 0 aliphatic rings. The molecule has 62 valence electrons. The van der Waals surface area contributed by atoms with E-state index in [0.29, 0.717) is 0 Å². The summed E-state index contributed by atoms with van der Waals surface area (Å²) in [4.78, 5) is 0. The Morgan fingerprint density at radius 3 is 1.60 bits per heavy atom. The SMILES string of the molecule is COC(C)N(S)C(C)OC. The van der Waals surface area contributed by atoms with Crippen LogP contribution in [0.5, 0.6) is 0 Å². The third-order valence-electron chi connectivity index (χ3n) is 1.43. The van der Waals surface area contributed by atoms with Gasteiger partial charge in [-0.25, -0.2) is 0 Å². The molecular formula is C6H15NO2S. The molecule has 3 nitrogen and oxygen atoms in total. The zero-order chi connectivity index (χ0) is 8.15. The zero-order valence-corrected chi connectivity index (χ0v) is 7.76. The first kappa shape index (κ1) is 10.2. The van der Waals surface area contributed by atoms with Gasteiger partial charge in [0.1, 0.15) is 12.5 Å². The largest absolute Gasteiger partial charge is 0.366 e. The fourth-order valence-corrected chi connectivity index (χ4v) is 0.700. The van der Waals surface area contributed by atoms with E-state index in [1.807, 2.05) is 13.8 Å². The van der Waals surface area contributed by atoms with Gasteiger partial charge < -0.3 is 9.47 Å². The molecule has 0 heterocycles. The summed E-state index contributed by atoms with van der Waals surface area (Å²) in [5.41, 5.74) is 0. The lowest BCUT2D eigenvalue weighted by molar-refractivity contribution is -0.0579. The van der Waals surface area contributed by atoms with Crippen LogP contribution in [0.3, 0.4) is 0 Å². The average Bonchev–Trinajstić information content (AvgIpc) is 2.00. The summed E-state index contributed by atoms with van der Waals surface area (Å²) in [6, 6.07) is 0. The molecule has 0 aliphatic heterocycles. The smallest absolute Gasteiger partial charge is 0.118 e. The molecular weight excluding hydrogens is 150 g/mol. The van der Waals surface area contributed by atoms with Gasteiger partial charge in [-0.05, 0) is 13.8 Å². The highest BCUT2D eigenvalue weighted by Crippen LogP contribution is 2.08. The Labute approximate surface area is 67.8 Å². The van der Waals surface area contributed by atoms with E-state index < -0.39 is 0 Å². The van der Waals surface area contributed by atoms with Crippen LogP contribution in [0.25, 0.3) is 0 Å². The predicted molar refractivity (Wildman–Crippen MR) is 43.8 cm³/mol. The van der Waals surface area contributed by atoms with Gasteiger partial charge in [0.15, 0.2) is 0 Å². The van der Waals surface area contributed by atoms with Crippen LogP contribution >= 0.6 is 12.8 Å². The molecule has 4 heteroatoms. The van der Waals surface area contributed by atoms with Gasteiger partial charge in [-0.3, -0.25) is 0 Å².